The van der Waals surface area contributed by atoms with Crippen LogP contribution in [0.1, 0.15) is 47.8 Å². The number of anilines is 1. The molecule has 0 saturated heterocycles. The fraction of sp³-hybridized carbons (Fsp3) is 0.429. The smallest absolute Gasteiger partial charge is 0.119 e. The molecule has 1 aliphatic rings. The van der Waals surface area contributed by atoms with Crippen LogP contribution in [0.5, 0.6) is 5.75 Å². The van der Waals surface area contributed by atoms with Gasteiger partial charge in [-0.2, -0.15) is 0 Å². The third-order valence-electron chi connectivity index (χ3n) is 5.19. The van der Waals surface area contributed by atoms with E-state index in [1.54, 1.807) is 7.11 Å². The Morgan fingerprint density at radius 3 is 2.88 bits per heavy atom. The summed E-state index contributed by atoms with van der Waals surface area (Å²) in [5, 5.41) is 3.36. The van der Waals surface area contributed by atoms with Gasteiger partial charge in [0.2, 0.25) is 0 Å². The van der Waals surface area contributed by atoms with Crippen molar-refractivity contribution in [1.82, 2.24) is 5.32 Å². The van der Waals surface area contributed by atoms with Gasteiger partial charge in [0.15, 0.2) is 0 Å². The molecule has 2 aromatic carbocycles. The van der Waals surface area contributed by atoms with E-state index in [1.807, 2.05) is 13.1 Å². The Kier molecular flexibility index (Phi) is 5.41. The van der Waals surface area contributed by atoms with Crippen molar-refractivity contribution >= 4 is 5.69 Å². The van der Waals surface area contributed by atoms with E-state index in [-0.39, 0.29) is 0 Å². The predicted octanol–water partition coefficient (Wildman–Crippen LogP) is 4.09. The number of hydrogen-bond donors (Lipinski definition) is 2. The highest BCUT2D eigenvalue weighted by Gasteiger charge is 2.24. The van der Waals surface area contributed by atoms with E-state index >= 15 is 0 Å². The highest BCUT2D eigenvalue weighted by molar-refractivity contribution is 5.43. The van der Waals surface area contributed by atoms with Crippen LogP contribution in [0.4, 0.5) is 5.69 Å². The number of fused-ring (bicyclic) bond motifs is 1. The van der Waals surface area contributed by atoms with Gasteiger partial charge >= 0.3 is 0 Å². The van der Waals surface area contributed by atoms with Crippen LogP contribution < -0.4 is 15.8 Å². The molecule has 3 N–H and O–H groups in total. The maximum atomic E-state index is 6.00. The molecule has 2 unspecified atom stereocenters. The van der Waals surface area contributed by atoms with Crippen molar-refractivity contribution in [3.8, 4) is 5.75 Å². The second-order valence-electron chi connectivity index (χ2n) is 6.81. The number of ether oxygens (including phenoxy) is 1. The molecule has 0 aliphatic heterocycles. The number of hydrogen-bond acceptors (Lipinski definition) is 3. The van der Waals surface area contributed by atoms with Crippen LogP contribution in [0.3, 0.4) is 0 Å². The fourth-order valence-electron chi connectivity index (χ4n) is 4.00. The molecule has 0 fully saturated rings. The summed E-state index contributed by atoms with van der Waals surface area (Å²) in [4.78, 5) is 0. The molecule has 24 heavy (non-hydrogen) atoms. The number of nitrogen functional groups attached to an aromatic ring is 1. The van der Waals surface area contributed by atoms with Crippen LogP contribution in [-0.2, 0) is 6.42 Å². The van der Waals surface area contributed by atoms with Gasteiger partial charge in [-0.1, -0.05) is 18.2 Å². The molecule has 3 heteroatoms. The quantitative estimate of drug-likeness (QED) is 0.787. The highest BCUT2D eigenvalue weighted by atomic mass is 16.5. The van der Waals surface area contributed by atoms with Crippen LogP contribution >= 0.6 is 0 Å². The van der Waals surface area contributed by atoms with Crippen LogP contribution in [0.15, 0.2) is 42.5 Å². The third-order valence-corrected chi connectivity index (χ3v) is 5.19. The monoisotopic (exact) mass is 324 g/mol. The number of aryl methyl sites for hydroxylation is 1. The molecule has 0 radical (unpaired) electrons. The number of rotatable bonds is 6. The summed E-state index contributed by atoms with van der Waals surface area (Å²) >= 11 is 0. The molecule has 0 aromatic heterocycles. The first kappa shape index (κ1) is 16.8. The maximum Gasteiger partial charge on any atom is 0.119 e. The number of nitrogens with two attached hydrogens (primary N) is 1. The SMILES string of the molecule is CNCC(CC1CCCc2cc(OC)ccc21)c1cccc(N)c1. The first-order valence-corrected chi connectivity index (χ1v) is 8.88. The standard InChI is InChI=1S/C21H28N2O/c1-23-14-18(15-5-4-8-19(22)12-15)11-16-6-3-7-17-13-20(24-2)9-10-21(16)17/h4-5,8-10,12-13,16,18,23H,3,6-7,11,14,22H2,1-2H3. The molecule has 0 bridgehead atoms. The van der Waals surface area contributed by atoms with Gasteiger partial charge in [0, 0.05) is 12.2 Å². The first-order valence-electron chi connectivity index (χ1n) is 8.88. The van der Waals surface area contributed by atoms with Crippen molar-refractivity contribution in [3.63, 3.8) is 0 Å². The van der Waals surface area contributed by atoms with E-state index in [4.69, 9.17) is 10.5 Å². The Bertz CT molecular complexity index is 683. The molecule has 0 heterocycles. The van der Waals surface area contributed by atoms with Crippen LogP contribution in [0.2, 0.25) is 0 Å². The molecule has 1 aliphatic carbocycles. The van der Waals surface area contributed by atoms with Gasteiger partial charge in [-0.3, -0.25) is 0 Å². The highest BCUT2D eigenvalue weighted by Crippen LogP contribution is 2.39. The van der Waals surface area contributed by atoms with E-state index in [0.29, 0.717) is 11.8 Å². The predicted molar refractivity (Wildman–Crippen MR) is 101 cm³/mol. The topological polar surface area (TPSA) is 47.3 Å². The zero-order valence-electron chi connectivity index (χ0n) is 14.7. The minimum Gasteiger partial charge on any atom is -0.497 e. The normalized spacial score (nSPS) is 18.0. The fourth-order valence-corrected chi connectivity index (χ4v) is 4.00. The van der Waals surface area contributed by atoms with Crippen LogP contribution in [-0.4, -0.2) is 20.7 Å². The van der Waals surface area contributed by atoms with Crippen molar-refractivity contribution in [3.05, 3.63) is 59.2 Å². The number of nitrogens with one attached hydrogen (secondary N) is 1. The number of benzene rings is 2. The summed E-state index contributed by atoms with van der Waals surface area (Å²) in [6.07, 6.45) is 4.84. The second kappa shape index (κ2) is 7.71. The second-order valence-corrected chi connectivity index (χ2v) is 6.81. The van der Waals surface area contributed by atoms with Gasteiger partial charge in [-0.25, -0.2) is 0 Å². The molecule has 2 atom stereocenters. The van der Waals surface area contributed by atoms with E-state index in [0.717, 1.165) is 30.8 Å². The van der Waals surface area contributed by atoms with E-state index in [9.17, 15) is 0 Å². The zero-order chi connectivity index (χ0) is 16.9. The van der Waals surface area contributed by atoms with Gasteiger partial charge in [-0.05, 0) is 85.5 Å². The molecule has 3 rings (SSSR count). The van der Waals surface area contributed by atoms with E-state index in [1.165, 1.54) is 29.5 Å². The summed E-state index contributed by atoms with van der Waals surface area (Å²) in [6.45, 7) is 0.978. The van der Waals surface area contributed by atoms with E-state index in [2.05, 4.69) is 41.7 Å². The maximum absolute atomic E-state index is 6.00. The largest absolute Gasteiger partial charge is 0.497 e. The zero-order valence-corrected chi connectivity index (χ0v) is 14.7. The molecule has 128 valence electrons. The van der Waals surface area contributed by atoms with Crippen molar-refractivity contribution < 1.29 is 4.74 Å². The molecular formula is C21H28N2O. The molecule has 0 spiro atoms. The minimum atomic E-state index is 0.483. The number of methoxy groups -OCH3 is 1. The Labute approximate surface area is 145 Å². The molecule has 0 amide bonds. The van der Waals surface area contributed by atoms with Gasteiger partial charge in [0.05, 0.1) is 7.11 Å². The van der Waals surface area contributed by atoms with Gasteiger partial charge in [0.25, 0.3) is 0 Å². The molecule has 0 saturated carbocycles. The first-order chi connectivity index (χ1) is 11.7. The average Bonchev–Trinajstić information content (AvgIpc) is 2.61. The summed E-state index contributed by atoms with van der Waals surface area (Å²) in [6, 6.07) is 14.9. The van der Waals surface area contributed by atoms with Crippen LogP contribution in [0, 0.1) is 0 Å². The lowest BCUT2D eigenvalue weighted by molar-refractivity contribution is 0.411. The van der Waals surface area contributed by atoms with Gasteiger partial charge in [-0.15, -0.1) is 0 Å². The van der Waals surface area contributed by atoms with Crippen molar-refractivity contribution in [2.24, 2.45) is 0 Å². The van der Waals surface area contributed by atoms with Crippen molar-refractivity contribution in [2.75, 3.05) is 26.4 Å². The Morgan fingerprint density at radius 1 is 1.25 bits per heavy atom. The summed E-state index contributed by atoms with van der Waals surface area (Å²) < 4.78 is 5.39. The lowest BCUT2D eigenvalue weighted by Crippen LogP contribution is -2.21. The molecule has 3 nitrogen and oxygen atoms in total. The number of likely N-dealkylation sites (N-methyl/N-ethyl adjacent to an activating group) is 1. The third kappa shape index (κ3) is 3.73. The summed E-state index contributed by atoms with van der Waals surface area (Å²) in [5.41, 5.74) is 11.2. The van der Waals surface area contributed by atoms with Crippen LogP contribution in [0.25, 0.3) is 0 Å². The Hall–Kier alpha value is -2.00. The minimum absolute atomic E-state index is 0.483. The van der Waals surface area contributed by atoms with Crippen molar-refractivity contribution in [1.29, 1.82) is 0 Å². The van der Waals surface area contributed by atoms with E-state index < -0.39 is 0 Å². The van der Waals surface area contributed by atoms with Gasteiger partial charge in [0.1, 0.15) is 5.75 Å². The Morgan fingerprint density at radius 2 is 2.12 bits per heavy atom. The average molecular weight is 324 g/mol. The van der Waals surface area contributed by atoms with Gasteiger partial charge < -0.3 is 15.8 Å². The molecular weight excluding hydrogens is 296 g/mol. The molecule has 2 aromatic rings. The lowest BCUT2D eigenvalue weighted by atomic mass is 9.76. The van der Waals surface area contributed by atoms with Crippen molar-refractivity contribution in [2.45, 2.75) is 37.5 Å². The summed E-state index contributed by atoms with van der Waals surface area (Å²) in [7, 11) is 3.77. The Balaban J connectivity index is 1.84. The summed E-state index contributed by atoms with van der Waals surface area (Å²) in [5.74, 6) is 2.06. The lowest BCUT2D eigenvalue weighted by Gasteiger charge is -2.29.